The van der Waals surface area contributed by atoms with Crippen molar-refractivity contribution in [3.05, 3.63) is 46.8 Å². The molecule has 0 fully saturated rings. The zero-order valence-corrected chi connectivity index (χ0v) is 11.5. The minimum atomic E-state index is -3.55. The van der Waals surface area contributed by atoms with Gasteiger partial charge in [0, 0.05) is 5.69 Å². The van der Waals surface area contributed by atoms with Gasteiger partial charge in [-0.15, -0.1) is 11.3 Å². The van der Waals surface area contributed by atoms with Gasteiger partial charge in [0.25, 0.3) is 0 Å². The summed E-state index contributed by atoms with van der Waals surface area (Å²) in [6.07, 6.45) is 0. The molecule has 0 atom stereocenters. The first-order chi connectivity index (χ1) is 9.00. The van der Waals surface area contributed by atoms with Crippen molar-refractivity contribution in [2.45, 2.75) is 5.75 Å². The van der Waals surface area contributed by atoms with E-state index in [4.69, 9.17) is 11.0 Å². The van der Waals surface area contributed by atoms with Crippen molar-refractivity contribution in [3.8, 4) is 6.07 Å². The normalized spacial score (nSPS) is 10.9. The van der Waals surface area contributed by atoms with E-state index in [9.17, 15) is 8.42 Å². The summed E-state index contributed by atoms with van der Waals surface area (Å²) in [4.78, 5) is 0. The third kappa shape index (κ3) is 3.47. The Morgan fingerprint density at radius 3 is 2.84 bits per heavy atom. The number of sulfonamides is 1. The van der Waals surface area contributed by atoms with Gasteiger partial charge in [-0.1, -0.05) is 12.1 Å². The minimum Gasteiger partial charge on any atom is -0.399 e. The van der Waals surface area contributed by atoms with Gasteiger partial charge in [0.1, 0.15) is 11.1 Å². The summed E-state index contributed by atoms with van der Waals surface area (Å²) >= 11 is 1.18. The molecule has 0 saturated heterocycles. The van der Waals surface area contributed by atoms with Crippen LogP contribution in [0.5, 0.6) is 0 Å². The lowest BCUT2D eigenvalue weighted by Gasteiger charge is -2.07. The average molecular weight is 293 g/mol. The van der Waals surface area contributed by atoms with E-state index >= 15 is 0 Å². The number of nitrogens with one attached hydrogen (secondary N) is 1. The highest BCUT2D eigenvalue weighted by molar-refractivity contribution is 7.92. The zero-order chi connectivity index (χ0) is 13.9. The van der Waals surface area contributed by atoms with Gasteiger partial charge in [-0.3, -0.25) is 4.72 Å². The molecule has 0 saturated carbocycles. The van der Waals surface area contributed by atoms with Gasteiger partial charge in [-0.2, -0.15) is 5.26 Å². The van der Waals surface area contributed by atoms with Crippen LogP contribution >= 0.6 is 11.3 Å². The Labute approximate surface area is 115 Å². The van der Waals surface area contributed by atoms with Crippen LogP contribution in [0.15, 0.2) is 35.7 Å². The van der Waals surface area contributed by atoms with Crippen molar-refractivity contribution in [2.24, 2.45) is 0 Å². The van der Waals surface area contributed by atoms with Crippen LogP contribution in [0.1, 0.15) is 11.1 Å². The Morgan fingerprint density at radius 2 is 2.16 bits per heavy atom. The molecule has 3 N–H and O–H groups in total. The molecular formula is C12H11N3O2S2. The van der Waals surface area contributed by atoms with Crippen LogP contribution in [-0.4, -0.2) is 8.42 Å². The summed E-state index contributed by atoms with van der Waals surface area (Å²) in [6, 6.07) is 10.2. The number of rotatable bonds is 4. The highest BCUT2D eigenvalue weighted by Gasteiger charge is 2.15. The summed E-state index contributed by atoms with van der Waals surface area (Å²) in [5, 5.41) is 10.8. The number of nitrogens with two attached hydrogens (primary N) is 1. The minimum absolute atomic E-state index is 0.180. The maximum atomic E-state index is 12.0. The van der Waals surface area contributed by atoms with Crippen molar-refractivity contribution in [1.29, 1.82) is 5.26 Å². The second-order valence-electron chi connectivity index (χ2n) is 3.88. The third-order valence-corrected chi connectivity index (χ3v) is 4.53. The molecule has 0 unspecified atom stereocenters. The average Bonchev–Trinajstić information content (AvgIpc) is 2.74. The Morgan fingerprint density at radius 1 is 1.37 bits per heavy atom. The first kappa shape index (κ1) is 13.4. The van der Waals surface area contributed by atoms with Crippen molar-refractivity contribution in [3.63, 3.8) is 0 Å². The molecule has 2 aromatic rings. The monoisotopic (exact) mass is 293 g/mol. The molecule has 98 valence electrons. The molecule has 19 heavy (non-hydrogen) atoms. The number of nitrogen functional groups attached to an aromatic ring is 1. The molecule has 0 aliphatic carbocycles. The van der Waals surface area contributed by atoms with E-state index in [1.54, 1.807) is 35.7 Å². The highest BCUT2D eigenvalue weighted by Crippen LogP contribution is 2.24. The zero-order valence-electron chi connectivity index (χ0n) is 9.83. The maximum Gasteiger partial charge on any atom is 0.237 e. The maximum absolute atomic E-state index is 12.0. The molecule has 0 amide bonds. The van der Waals surface area contributed by atoms with Crippen LogP contribution in [0.2, 0.25) is 0 Å². The van der Waals surface area contributed by atoms with E-state index in [2.05, 4.69) is 4.72 Å². The van der Waals surface area contributed by atoms with E-state index in [1.165, 1.54) is 11.3 Å². The van der Waals surface area contributed by atoms with Crippen LogP contribution in [0.3, 0.4) is 0 Å². The van der Waals surface area contributed by atoms with Crippen LogP contribution < -0.4 is 10.5 Å². The Hall–Kier alpha value is -2.04. The number of hydrogen-bond acceptors (Lipinski definition) is 5. The first-order valence-corrected chi connectivity index (χ1v) is 7.86. The molecule has 1 aromatic carbocycles. The van der Waals surface area contributed by atoms with E-state index in [1.807, 2.05) is 6.07 Å². The molecule has 2 rings (SSSR count). The number of benzene rings is 1. The van der Waals surface area contributed by atoms with Gasteiger partial charge < -0.3 is 5.73 Å². The van der Waals surface area contributed by atoms with Crippen molar-refractivity contribution < 1.29 is 8.42 Å². The first-order valence-electron chi connectivity index (χ1n) is 5.33. The van der Waals surface area contributed by atoms with Gasteiger partial charge in [0.05, 0.1) is 11.3 Å². The number of anilines is 2. The summed E-state index contributed by atoms with van der Waals surface area (Å²) < 4.78 is 26.4. The lowest BCUT2D eigenvalue weighted by atomic mass is 10.2. The Balaban J connectivity index is 2.18. The van der Waals surface area contributed by atoms with Crippen molar-refractivity contribution in [2.75, 3.05) is 10.5 Å². The standard InChI is InChI=1S/C12H11N3O2S2/c13-7-10-4-5-18-12(10)15-19(16,17)8-9-2-1-3-11(14)6-9/h1-6,15H,8,14H2. The number of hydrogen-bond donors (Lipinski definition) is 2. The predicted octanol–water partition coefficient (Wildman–Crippen LogP) is 2.14. The van der Waals surface area contributed by atoms with E-state index in [0.29, 0.717) is 21.8 Å². The quantitative estimate of drug-likeness (QED) is 0.844. The van der Waals surface area contributed by atoms with E-state index < -0.39 is 10.0 Å². The largest absolute Gasteiger partial charge is 0.399 e. The Bertz CT molecular complexity index is 729. The molecule has 7 heteroatoms. The molecule has 1 aromatic heterocycles. The van der Waals surface area contributed by atoms with Crippen molar-refractivity contribution in [1.82, 2.24) is 0 Å². The lowest BCUT2D eigenvalue weighted by Crippen LogP contribution is -2.15. The van der Waals surface area contributed by atoms with Crippen LogP contribution in [0.25, 0.3) is 0 Å². The molecule has 5 nitrogen and oxygen atoms in total. The molecule has 1 heterocycles. The molecular weight excluding hydrogens is 282 g/mol. The summed E-state index contributed by atoms with van der Waals surface area (Å²) in [5.74, 6) is -0.180. The van der Waals surface area contributed by atoms with Gasteiger partial charge in [-0.05, 0) is 29.1 Å². The van der Waals surface area contributed by atoms with Crippen molar-refractivity contribution >= 4 is 32.0 Å². The summed E-state index contributed by atoms with van der Waals surface area (Å²) in [6.45, 7) is 0. The van der Waals surface area contributed by atoms with Crippen LogP contribution in [-0.2, 0) is 15.8 Å². The van der Waals surface area contributed by atoms with Gasteiger partial charge in [0.15, 0.2) is 0 Å². The number of nitrogens with zero attached hydrogens (tertiary/aromatic N) is 1. The third-order valence-electron chi connectivity index (χ3n) is 2.34. The molecule has 0 aliphatic heterocycles. The smallest absolute Gasteiger partial charge is 0.237 e. The Kier molecular flexibility index (Phi) is 3.74. The van der Waals surface area contributed by atoms with E-state index in [0.717, 1.165) is 0 Å². The molecule has 0 bridgehead atoms. The molecule has 0 spiro atoms. The number of thiophene rings is 1. The number of nitriles is 1. The van der Waals surface area contributed by atoms with Gasteiger partial charge >= 0.3 is 0 Å². The fraction of sp³-hybridized carbons (Fsp3) is 0.0833. The summed E-state index contributed by atoms with van der Waals surface area (Å²) in [7, 11) is -3.55. The van der Waals surface area contributed by atoms with Gasteiger partial charge in [-0.25, -0.2) is 8.42 Å². The predicted molar refractivity (Wildman–Crippen MR) is 76.1 cm³/mol. The SMILES string of the molecule is N#Cc1ccsc1NS(=O)(=O)Cc1cccc(N)c1. The van der Waals surface area contributed by atoms with Crippen LogP contribution in [0.4, 0.5) is 10.7 Å². The molecule has 0 aliphatic rings. The molecule has 0 radical (unpaired) electrons. The highest BCUT2D eigenvalue weighted by atomic mass is 32.2. The van der Waals surface area contributed by atoms with Crippen LogP contribution in [0, 0.1) is 11.3 Å². The fourth-order valence-electron chi connectivity index (χ4n) is 1.56. The topological polar surface area (TPSA) is 96.0 Å². The van der Waals surface area contributed by atoms with Gasteiger partial charge in [0.2, 0.25) is 10.0 Å². The second kappa shape index (κ2) is 5.30. The second-order valence-corrected chi connectivity index (χ2v) is 6.52. The fourth-order valence-corrected chi connectivity index (χ4v) is 3.79. The van der Waals surface area contributed by atoms with E-state index in [-0.39, 0.29) is 5.75 Å². The summed E-state index contributed by atoms with van der Waals surface area (Å²) in [5.41, 5.74) is 7.04. The lowest BCUT2D eigenvalue weighted by molar-refractivity contribution is 0.600.